The Morgan fingerprint density at radius 2 is 1.79 bits per heavy atom. The van der Waals surface area contributed by atoms with Gasteiger partial charge in [-0.05, 0) is 26.3 Å². The first-order valence-corrected chi connectivity index (χ1v) is 7.14. The van der Waals surface area contributed by atoms with Crippen LogP contribution >= 0.6 is 0 Å². The van der Waals surface area contributed by atoms with E-state index in [-0.39, 0.29) is 11.3 Å². The van der Waals surface area contributed by atoms with Crippen LogP contribution in [0.1, 0.15) is 33.6 Å². The molecule has 4 heteroatoms. The molecule has 0 aliphatic carbocycles. The molecule has 3 atom stereocenters. The molecule has 0 saturated carbocycles. The Morgan fingerprint density at radius 1 is 1.29 bits per heavy atom. The summed E-state index contributed by atoms with van der Waals surface area (Å²) in [5, 5.41) is 2.79. The Bertz CT molecular complexity index is 249. The Morgan fingerprint density at radius 3 is 2.07 bits per heavy atom. The molecule has 0 saturated heterocycles. The molecule has 0 aromatic heterocycles. The maximum Gasteiger partial charge on any atom is 0.151 e. The van der Waals surface area contributed by atoms with Gasteiger partial charge >= 0.3 is 0 Å². The predicted octanol–water partition coefficient (Wildman–Crippen LogP) is 1.44. The standard InChI is InChI=1S/C10H23NO2S/c1-6-8(2)7-10(11-4)9(3)14(5,12)13/h8-11H,6-7H2,1-5H3. The van der Waals surface area contributed by atoms with Gasteiger partial charge in [-0.1, -0.05) is 20.3 Å². The van der Waals surface area contributed by atoms with Crippen molar-refractivity contribution < 1.29 is 8.42 Å². The van der Waals surface area contributed by atoms with Gasteiger partial charge in [0, 0.05) is 12.3 Å². The largest absolute Gasteiger partial charge is 0.316 e. The van der Waals surface area contributed by atoms with E-state index in [1.165, 1.54) is 6.26 Å². The lowest BCUT2D eigenvalue weighted by Crippen LogP contribution is -2.41. The number of rotatable bonds is 6. The predicted molar refractivity (Wildman–Crippen MR) is 61.2 cm³/mol. The van der Waals surface area contributed by atoms with Crippen molar-refractivity contribution in [1.82, 2.24) is 5.32 Å². The quantitative estimate of drug-likeness (QED) is 0.738. The summed E-state index contributed by atoms with van der Waals surface area (Å²) < 4.78 is 22.7. The van der Waals surface area contributed by atoms with Crippen molar-refractivity contribution >= 4 is 9.84 Å². The van der Waals surface area contributed by atoms with E-state index in [2.05, 4.69) is 19.2 Å². The summed E-state index contributed by atoms with van der Waals surface area (Å²) in [6.45, 7) is 6.06. The van der Waals surface area contributed by atoms with Gasteiger partial charge in [0.2, 0.25) is 0 Å². The molecule has 86 valence electrons. The maximum atomic E-state index is 11.4. The minimum absolute atomic E-state index is 0.0694. The lowest BCUT2D eigenvalue weighted by molar-refractivity contribution is 0.402. The zero-order valence-corrected chi connectivity index (χ0v) is 10.7. The average molecular weight is 221 g/mol. The first kappa shape index (κ1) is 13.9. The summed E-state index contributed by atoms with van der Waals surface area (Å²) in [7, 11) is -1.10. The zero-order valence-electron chi connectivity index (χ0n) is 9.87. The number of hydrogen-bond donors (Lipinski definition) is 1. The second kappa shape index (κ2) is 5.71. The highest BCUT2D eigenvalue weighted by Crippen LogP contribution is 2.15. The molecule has 0 fully saturated rings. The van der Waals surface area contributed by atoms with Crippen LogP contribution in [0.2, 0.25) is 0 Å². The Hall–Kier alpha value is -0.0900. The molecule has 0 aliphatic rings. The molecule has 3 unspecified atom stereocenters. The van der Waals surface area contributed by atoms with Gasteiger partial charge in [0.05, 0.1) is 5.25 Å². The van der Waals surface area contributed by atoms with Crippen LogP contribution in [-0.4, -0.2) is 33.0 Å². The van der Waals surface area contributed by atoms with E-state index in [1.807, 2.05) is 7.05 Å². The Labute approximate surface area is 88.2 Å². The van der Waals surface area contributed by atoms with E-state index in [0.29, 0.717) is 5.92 Å². The Balaban J connectivity index is 4.42. The van der Waals surface area contributed by atoms with Gasteiger partial charge in [-0.3, -0.25) is 0 Å². The van der Waals surface area contributed by atoms with E-state index in [9.17, 15) is 8.42 Å². The SMILES string of the molecule is CCC(C)CC(NC)C(C)S(C)(=O)=O. The van der Waals surface area contributed by atoms with Crippen molar-refractivity contribution in [2.75, 3.05) is 13.3 Å². The second-order valence-corrected chi connectivity index (χ2v) is 6.58. The lowest BCUT2D eigenvalue weighted by atomic mass is 9.98. The van der Waals surface area contributed by atoms with Gasteiger partial charge in [0.15, 0.2) is 9.84 Å². The average Bonchev–Trinajstić information content (AvgIpc) is 2.11. The Kier molecular flexibility index (Phi) is 5.67. The molecule has 0 aromatic rings. The van der Waals surface area contributed by atoms with E-state index in [4.69, 9.17) is 0 Å². The molecule has 1 N–H and O–H groups in total. The molecule has 14 heavy (non-hydrogen) atoms. The van der Waals surface area contributed by atoms with Gasteiger partial charge in [-0.2, -0.15) is 0 Å². The van der Waals surface area contributed by atoms with Crippen molar-refractivity contribution in [3.63, 3.8) is 0 Å². The van der Waals surface area contributed by atoms with Gasteiger partial charge in [0.1, 0.15) is 0 Å². The fraction of sp³-hybridized carbons (Fsp3) is 1.00. The van der Waals surface area contributed by atoms with Crippen LogP contribution in [0.25, 0.3) is 0 Å². The third kappa shape index (κ3) is 4.42. The van der Waals surface area contributed by atoms with Crippen molar-refractivity contribution in [2.45, 2.75) is 44.9 Å². The lowest BCUT2D eigenvalue weighted by Gasteiger charge is -2.24. The highest BCUT2D eigenvalue weighted by atomic mass is 32.2. The van der Waals surface area contributed by atoms with Gasteiger partial charge in [-0.25, -0.2) is 8.42 Å². The summed E-state index contributed by atoms with van der Waals surface area (Å²) in [4.78, 5) is 0. The summed E-state index contributed by atoms with van der Waals surface area (Å²) in [6.07, 6.45) is 3.31. The molecular weight excluding hydrogens is 198 g/mol. The molecule has 0 radical (unpaired) electrons. The van der Waals surface area contributed by atoms with Crippen LogP contribution < -0.4 is 5.32 Å². The first-order chi connectivity index (χ1) is 6.32. The van der Waals surface area contributed by atoms with E-state index in [1.54, 1.807) is 6.92 Å². The molecule has 0 bridgehead atoms. The molecule has 0 rings (SSSR count). The van der Waals surface area contributed by atoms with Crippen LogP contribution in [0.15, 0.2) is 0 Å². The minimum Gasteiger partial charge on any atom is -0.316 e. The zero-order chi connectivity index (χ0) is 11.4. The molecular formula is C10H23NO2S. The normalized spacial score (nSPS) is 18.9. The van der Waals surface area contributed by atoms with Crippen LogP contribution in [0, 0.1) is 5.92 Å². The van der Waals surface area contributed by atoms with Crippen molar-refractivity contribution in [3.8, 4) is 0 Å². The third-order valence-corrected chi connectivity index (χ3v) is 4.65. The third-order valence-electron chi connectivity index (χ3n) is 2.97. The van der Waals surface area contributed by atoms with Crippen LogP contribution in [0.3, 0.4) is 0 Å². The van der Waals surface area contributed by atoms with E-state index in [0.717, 1.165) is 12.8 Å². The summed E-state index contributed by atoms with van der Waals surface area (Å²) >= 11 is 0. The number of nitrogens with one attached hydrogen (secondary N) is 1. The topological polar surface area (TPSA) is 46.2 Å². The second-order valence-electron chi connectivity index (χ2n) is 4.18. The monoisotopic (exact) mass is 221 g/mol. The van der Waals surface area contributed by atoms with Crippen molar-refractivity contribution in [1.29, 1.82) is 0 Å². The summed E-state index contributed by atoms with van der Waals surface area (Å²) in [5.74, 6) is 0.566. The first-order valence-electron chi connectivity index (χ1n) is 5.19. The molecule has 0 aromatic carbocycles. The fourth-order valence-corrected chi connectivity index (χ4v) is 2.29. The molecule has 3 nitrogen and oxygen atoms in total. The van der Waals surface area contributed by atoms with Gasteiger partial charge in [0.25, 0.3) is 0 Å². The van der Waals surface area contributed by atoms with Crippen LogP contribution in [0.4, 0.5) is 0 Å². The van der Waals surface area contributed by atoms with Crippen molar-refractivity contribution in [3.05, 3.63) is 0 Å². The summed E-state index contributed by atoms with van der Waals surface area (Å²) in [6, 6.07) is 0.0694. The van der Waals surface area contributed by atoms with Crippen LogP contribution in [0.5, 0.6) is 0 Å². The van der Waals surface area contributed by atoms with E-state index < -0.39 is 9.84 Å². The van der Waals surface area contributed by atoms with Gasteiger partial charge in [-0.15, -0.1) is 0 Å². The molecule has 0 heterocycles. The smallest absolute Gasteiger partial charge is 0.151 e. The molecule has 0 amide bonds. The number of sulfone groups is 1. The van der Waals surface area contributed by atoms with E-state index >= 15 is 0 Å². The highest BCUT2D eigenvalue weighted by molar-refractivity contribution is 7.91. The highest BCUT2D eigenvalue weighted by Gasteiger charge is 2.25. The van der Waals surface area contributed by atoms with Crippen LogP contribution in [-0.2, 0) is 9.84 Å². The minimum atomic E-state index is -2.93. The number of hydrogen-bond acceptors (Lipinski definition) is 3. The fourth-order valence-electron chi connectivity index (χ4n) is 1.44. The molecule has 0 aliphatic heterocycles. The van der Waals surface area contributed by atoms with Crippen molar-refractivity contribution in [2.24, 2.45) is 5.92 Å². The summed E-state index contributed by atoms with van der Waals surface area (Å²) in [5.41, 5.74) is 0. The maximum absolute atomic E-state index is 11.4. The molecule has 0 spiro atoms. The van der Waals surface area contributed by atoms with Gasteiger partial charge < -0.3 is 5.32 Å².